The molecule has 1 saturated heterocycles. The van der Waals surface area contributed by atoms with Crippen molar-refractivity contribution in [3.63, 3.8) is 0 Å². The number of allylic oxidation sites excluding steroid dienone is 1. The number of amides is 2. The van der Waals surface area contributed by atoms with Crippen LogP contribution in [0, 0.1) is 23.2 Å². The van der Waals surface area contributed by atoms with E-state index in [2.05, 4.69) is 6.92 Å². The van der Waals surface area contributed by atoms with Crippen LogP contribution in [-0.2, 0) is 9.59 Å². The zero-order valence-corrected chi connectivity index (χ0v) is 15.5. The summed E-state index contributed by atoms with van der Waals surface area (Å²) in [6.45, 7) is 2.96. The zero-order valence-electron chi connectivity index (χ0n) is 15.5. The number of nitrogens with zero attached hydrogens (tertiary/aromatic N) is 1. The molecule has 4 heteroatoms. The van der Waals surface area contributed by atoms with Crippen molar-refractivity contribution in [1.29, 1.82) is 0 Å². The van der Waals surface area contributed by atoms with E-state index in [1.165, 1.54) is 44.1 Å². The first-order chi connectivity index (χ1) is 11.9. The SMILES string of the molecule is CC(=CC(=O)N1CCCCC1CC(N)=O)C12CC3CC(CC(C3)C1)C2. The fourth-order valence-corrected chi connectivity index (χ4v) is 6.75. The highest BCUT2D eigenvalue weighted by atomic mass is 16.2. The Morgan fingerprint density at radius 1 is 1.08 bits per heavy atom. The summed E-state index contributed by atoms with van der Waals surface area (Å²) in [6.07, 6.45) is 13.4. The van der Waals surface area contributed by atoms with Crippen molar-refractivity contribution < 1.29 is 9.59 Å². The first kappa shape index (κ1) is 17.1. The summed E-state index contributed by atoms with van der Waals surface area (Å²) < 4.78 is 0. The van der Waals surface area contributed by atoms with Crippen LogP contribution in [0.2, 0.25) is 0 Å². The van der Waals surface area contributed by atoms with Gasteiger partial charge in [-0.2, -0.15) is 0 Å². The minimum absolute atomic E-state index is 0.000775. The van der Waals surface area contributed by atoms with Gasteiger partial charge in [0.25, 0.3) is 0 Å². The number of nitrogens with two attached hydrogens (primary N) is 1. The standard InChI is InChI=1S/C21H32N2O2/c1-14(21-11-15-7-16(12-21)9-17(8-15)13-21)6-20(25)23-5-3-2-4-18(23)10-19(22)24/h6,15-18H,2-5,7-13H2,1H3,(H2,22,24). The van der Waals surface area contributed by atoms with E-state index in [9.17, 15) is 9.59 Å². The second kappa shape index (κ2) is 6.44. The summed E-state index contributed by atoms with van der Waals surface area (Å²) in [5.74, 6) is 2.48. The number of carbonyl (C=O) groups excluding carboxylic acids is 2. The summed E-state index contributed by atoms with van der Waals surface area (Å²) in [5, 5.41) is 0. The largest absolute Gasteiger partial charge is 0.370 e. The van der Waals surface area contributed by atoms with Gasteiger partial charge in [0, 0.05) is 25.1 Å². The van der Waals surface area contributed by atoms with Gasteiger partial charge >= 0.3 is 0 Å². The van der Waals surface area contributed by atoms with Crippen LogP contribution in [0.25, 0.3) is 0 Å². The van der Waals surface area contributed by atoms with Crippen LogP contribution in [0.15, 0.2) is 11.6 Å². The van der Waals surface area contributed by atoms with E-state index in [0.717, 1.165) is 43.6 Å². The van der Waals surface area contributed by atoms with Gasteiger partial charge in [-0.15, -0.1) is 0 Å². The third-order valence-electron chi connectivity index (χ3n) is 7.56. The van der Waals surface area contributed by atoms with Gasteiger partial charge in [-0.25, -0.2) is 0 Å². The average molecular weight is 344 g/mol. The Hall–Kier alpha value is -1.32. The fraction of sp³-hybridized carbons (Fsp3) is 0.810. The van der Waals surface area contributed by atoms with E-state index in [-0.39, 0.29) is 17.9 Å². The molecule has 5 fully saturated rings. The quantitative estimate of drug-likeness (QED) is 0.794. The van der Waals surface area contributed by atoms with Crippen molar-refractivity contribution in [3.05, 3.63) is 11.6 Å². The molecule has 4 aliphatic carbocycles. The van der Waals surface area contributed by atoms with Crippen LogP contribution < -0.4 is 5.73 Å². The van der Waals surface area contributed by atoms with Crippen molar-refractivity contribution in [3.8, 4) is 0 Å². The minimum Gasteiger partial charge on any atom is -0.370 e. The molecule has 2 N–H and O–H groups in total. The molecule has 1 heterocycles. The summed E-state index contributed by atoms with van der Waals surface area (Å²) in [7, 11) is 0. The summed E-state index contributed by atoms with van der Waals surface area (Å²) in [6, 6.07) is -0.000775. The molecule has 4 saturated carbocycles. The van der Waals surface area contributed by atoms with Crippen LogP contribution in [0.4, 0.5) is 0 Å². The Balaban J connectivity index is 1.51. The van der Waals surface area contributed by atoms with Crippen molar-refractivity contribution >= 4 is 11.8 Å². The normalized spacial score (nSPS) is 40.4. The molecule has 0 aromatic carbocycles. The van der Waals surface area contributed by atoms with Crippen molar-refractivity contribution in [2.24, 2.45) is 28.9 Å². The molecule has 0 aromatic heterocycles. The first-order valence-electron chi connectivity index (χ1n) is 10.2. The Morgan fingerprint density at radius 3 is 2.24 bits per heavy atom. The van der Waals surface area contributed by atoms with E-state index in [1.807, 2.05) is 11.0 Å². The van der Waals surface area contributed by atoms with Crippen LogP contribution >= 0.6 is 0 Å². The first-order valence-corrected chi connectivity index (χ1v) is 10.2. The van der Waals surface area contributed by atoms with Crippen molar-refractivity contribution in [2.45, 2.75) is 77.2 Å². The lowest BCUT2D eigenvalue weighted by atomic mass is 9.48. The molecule has 4 nitrogen and oxygen atoms in total. The molecule has 1 atom stereocenters. The van der Waals surface area contributed by atoms with E-state index in [1.54, 1.807) is 0 Å². The maximum atomic E-state index is 13.0. The maximum Gasteiger partial charge on any atom is 0.246 e. The number of carbonyl (C=O) groups is 2. The number of rotatable bonds is 4. The Labute approximate surface area is 151 Å². The lowest BCUT2D eigenvalue weighted by Crippen LogP contribution is -2.47. The summed E-state index contributed by atoms with van der Waals surface area (Å²) in [4.78, 5) is 26.3. The molecule has 5 aliphatic rings. The molecule has 25 heavy (non-hydrogen) atoms. The van der Waals surface area contributed by atoms with Gasteiger partial charge in [-0.3, -0.25) is 9.59 Å². The smallest absolute Gasteiger partial charge is 0.246 e. The third-order valence-corrected chi connectivity index (χ3v) is 7.56. The lowest BCUT2D eigenvalue weighted by Gasteiger charge is -2.57. The van der Waals surface area contributed by atoms with Gasteiger partial charge in [0.05, 0.1) is 0 Å². The molecule has 0 spiro atoms. The number of likely N-dealkylation sites (tertiary alicyclic amines) is 1. The molecule has 2 amide bonds. The second-order valence-electron chi connectivity index (χ2n) is 9.38. The van der Waals surface area contributed by atoms with Crippen LogP contribution in [-0.4, -0.2) is 29.3 Å². The van der Waals surface area contributed by atoms with Crippen LogP contribution in [0.1, 0.15) is 71.1 Å². The third kappa shape index (κ3) is 3.24. The molecule has 0 radical (unpaired) electrons. The molecular weight excluding hydrogens is 312 g/mol. The van der Waals surface area contributed by atoms with Crippen molar-refractivity contribution in [1.82, 2.24) is 4.90 Å². The highest BCUT2D eigenvalue weighted by molar-refractivity contribution is 5.89. The van der Waals surface area contributed by atoms with Gasteiger partial charge in [0.15, 0.2) is 0 Å². The minimum atomic E-state index is -0.300. The second-order valence-corrected chi connectivity index (χ2v) is 9.38. The molecule has 5 rings (SSSR count). The van der Waals surface area contributed by atoms with E-state index < -0.39 is 0 Å². The highest BCUT2D eigenvalue weighted by Gasteiger charge is 2.51. The summed E-state index contributed by atoms with van der Waals surface area (Å²) >= 11 is 0. The predicted molar refractivity (Wildman–Crippen MR) is 97.5 cm³/mol. The van der Waals surface area contributed by atoms with E-state index >= 15 is 0 Å². The average Bonchev–Trinajstić information content (AvgIpc) is 2.53. The lowest BCUT2D eigenvalue weighted by molar-refractivity contribution is -0.131. The monoisotopic (exact) mass is 344 g/mol. The van der Waals surface area contributed by atoms with Gasteiger partial charge in [-0.05, 0) is 87.9 Å². The molecule has 4 bridgehead atoms. The highest BCUT2D eigenvalue weighted by Crippen LogP contribution is 2.62. The number of hydrogen-bond donors (Lipinski definition) is 1. The van der Waals surface area contributed by atoms with Gasteiger partial charge in [-0.1, -0.05) is 5.57 Å². The molecule has 1 unspecified atom stereocenters. The Bertz CT molecular complexity index is 559. The fourth-order valence-electron chi connectivity index (χ4n) is 6.75. The van der Waals surface area contributed by atoms with Gasteiger partial charge in [0.1, 0.15) is 0 Å². The van der Waals surface area contributed by atoms with E-state index in [4.69, 9.17) is 5.73 Å². The molecule has 138 valence electrons. The van der Waals surface area contributed by atoms with Gasteiger partial charge < -0.3 is 10.6 Å². The van der Waals surface area contributed by atoms with Crippen molar-refractivity contribution in [2.75, 3.05) is 6.54 Å². The van der Waals surface area contributed by atoms with Crippen LogP contribution in [0.5, 0.6) is 0 Å². The summed E-state index contributed by atoms with van der Waals surface area (Å²) in [5.41, 5.74) is 6.99. The number of hydrogen-bond acceptors (Lipinski definition) is 2. The number of primary amides is 1. The van der Waals surface area contributed by atoms with Gasteiger partial charge in [0.2, 0.25) is 11.8 Å². The number of piperidine rings is 1. The van der Waals surface area contributed by atoms with Crippen LogP contribution in [0.3, 0.4) is 0 Å². The molecule has 1 aliphatic heterocycles. The molecule has 0 aromatic rings. The van der Waals surface area contributed by atoms with E-state index in [0.29, 0.717) is 11.8 Å². The maximum absolute atomic E-state index is 13.0. The molecular formula is C21H32N2O2. The Kier molecular flexibility index (Phi) is 4.41. The topological polar surface area (TPSA) is 63.4 Å². The zero-order chi connectivity index (χ0) is 17.6. The Morgan fingerprint density at radius 2 is 1.68 bits per heavy atom. The predicted octanol–water partition coefficient (Wildman–Crippen LogP) is 3.41.